The van der Waals surface area contributed by atoms with Crippen molar-refractivity contribution in [3.8, 4) is 0 Å². The number of phosphoric acid groups is 1. The minimum atomic E-state index is -4.34. The maximum absolute atomic E-state index is 12.2. The van der Waals surface area contributed by atoms with Crippen molar-refractivity contribution in [1.29, 1.82) is 0 Å². The van der Waals surface area contributed by atoms with Crippen LogP contribution in [-0.4, -0.2) is 38.6 Å². The van der Waals surface area contributed by atoms with Gasteiger partial charge in [-0.2, -0.15) is 0 Å². The molecule has 0 spiro atoms. The van der Waals surface area contributed by atoms with E-state index in [0.717, 1.165) is 38.7 Å². The molecule has 1 aromatic rings. The van der Waals surface area contributed by atoms with Crippen molar-refractivity contribution >= 4 is 7.82 Å². The van der Waals surface area contributed by atoms with Gasteiger partial charge in [0.1, 0.15) is 6.61 Å². The largest absolute Gasteiger partial charge is 0.756 e. The third-order valence-electron chi connectivity index (χ3n) is 6.15. The second kappa shape index (κ2) is 11.7. The average Bonchev–Trinajstić information content (AvgIpc) is 3.27. The van der Waals surface area contributed by atoms with Crippen LogP contribution in [0.3, 0.4) is 0 Å². The van der Waals surface area contributed by atoms with E-state index in [1.807, 2.05) is 35.2 Å². The Kier molecular flexibility index (Phi) is 9.30. The molecule has 170 valence electrons. The first-order chi connectivity index (χ1) is 14.5. The SMILES string of the molecule is CCCCCCOC[C@@H]1C[C@]2(COP(=O)([O-])OCC[n+]3ccccc3)CCC[C@@H]2O1. The average molecular weight is 442 g/mol. The molecule has 7 nitrogen and oxygen atoms in total. The van der Waals surface area contributed by atoms with Gasteiger partial charge in [0.25, 0.3) is 7.82 Å². The summed E-state index contributed by atoms with van der Waals surface area (Å²) in [7, 11) is -4.34. The van der Waals surface area contributed by atoms with Gasteiger partial charge in [0.15, 0.2) is 18.9 Å². The summed E-state index contributed by atoms with van der Waals surface area (Å²) in [4.78, 5) is 12.2. The van der Waals surface area contributed by atoms with E-state index < -0.39 is 7.82 Å². The van der Waals surface area contributed by atoms with E-state index in [4.69, 9.17) is 18.5 Å². The summed E-state index contributed by atoms with van der Waals surface area (Å²) in [6.07, 6.45) is 12.2. The molecular weight excluding hydrogens is 405 g/mol. The van der Waals surface area contributed by atoms with Gasteiger partial charge in [-0.1, -0.05) is 38.7 Å². The molecular formula is C22H36NO6P. The highest BCUT2D eigenvalue weighted by Crippen LogP contribution is 2.52. The fraction of sp³-hybridized carbons (Fsp3) is 0.773. The Balaban J connectivity index is 1.40. The predicted octanol–water partition coefficient (Wildman–Crippen LogP) is 3.40. The second-order valence-corrected chi connectivity index (χ2v) is 9.92. The number of unbranched alkanes of at least 4 members (excludes halogenated alkanes) is 3. The van der Waals surface area contributed by atoms with E-state index in [-0.39, 0.29) is 30.8 Å². The van der Waals surface area contributed by atoms with Gasteiger partial charge < -0.3 is 23.4 Å². The summed E-state index contributed by atoms with van der Waals surface area (Å²) in [6.45, 7) is 4.16. The van der Waals surface area contributed by atoms with Crippen LogP contribution >= 0.6 is 7.82 Å². The van der Waals surface area contributed by atoms with Gasteiger partial charge in [-0.05, 0) is 25.7 Å². The van der Waals surface area contributed by atoms with Crippen molar-refractivity contribution in [3.63, 3.8) is 0 Å². The molecule has 1 aliphatic carbocycles. The van der Waals surface area contributed by atoms with Crippen molar-refractivity contribution in [2.75, 3.05) is 26.4 Å². The third kappa shape index (κ3) is 7.11. The Labute approximate surface area is 180 Å². The molecule has 0 radical (unpaired) electrons. The van der Waals surface area contributed by atoms with Crippen LogP contribution in [0.15, 0.2) is 30.6 Å². The first-order valence-electron chi connectivity index (χ1n) is 11.3. The van der Waals surface area contributed by atoms with E-state index in [1.165, 1.54) is 19.3 Å². The fourth-order valence-electron chi connectivity index (χ4n) is 4.54. The molecule has 0 N–H and O–H groups in total. The lowest BCUT2D eigenvalue weighted by Crippen LogP contribution is -2.35. The quantitative estimate of drug-likeness (QED) is 0.250. The summed E-state index contributed by atoms with van der Waals surface area (Å²) >= 11 is 0. The number of rotatable bonds is 14. The summed E-state index contributed by atoms with van der Waals surface area (Å²) in [6, 6.07) is 5.68. The van der Waals surface area contributed by atoms with Crippen LogP contribution in [0.25, 0.3) is 0 Å². The van der Waals surface area contributed by atoms with Gasteiger partial charge in [-0.25, -0.2) is 4.57 Å². The maximum atomic E-state index is 12.2. The van der Waals surface area contributed by atoms with Crippen molar-refractivity contribution in [1.82, 2.24) is 0 Å². The van der Waals surface area contributed by atoms with Crippen LogP contribution < -0.4 is 9.46 Å². The summed E-state index contributed by atoms with van der Waals surface area (Å²) < 4.78 is 36.5. The lowest BCUT2D eigenvalue weighted by molar-refractivity contribution is -0.697. The Morgan fingerprint density at radius 3 is 2.80 bits per heavy atom. The molecule has 1 saturated carbocycles. The van der Waals surface area contributed by atoms with E-state index in [2.05, 4.69) is 6.92 Å². The van der Waals surface area contributed by atoms with Gasteiger partial charge in [0, 0.05) is 24.2 Å². The summed E-state index contributed by atoms with van der Waals surface area (Å²) in [5.74, 6) is 0. The monoisotopic (exact) mass is 441 g/mol. The number of aromatic nitrogens is 1. The number of fused-ring (bicyclic) bond motifs is 1. The zero-order valence-electron chi connectivity index (χ0n) is 18.1. The number of ether oxygens (including phenoxy) is 2. The molecule has 0 amide bonds. The van der Waals surface area contributed by atoms with Crippen LogP contribution in [0.1, 0.15) is 58.3 Å². The van der Waals surface area contributed by atoms with Crippen molar-refractivity contribution < 1.29 is 32.5 Å². The Morgan fingerprint density at radius 1 is 1.17 bits per heavy atom. The van der Waals surface area contributed by atoms with Crippen molar-refractivity contribution in [2.45, 2.75) is 77.0 Å². The zero-order chi connectivity index (χ0) is 21.3. The Hall–Kier alpha value is -0.820. The molecule has 1 saturated heterocycles. The van der Waals surface area contributed by atoms with Crippen LogP contribution in [0.2, 0.25) is 0 Å². The molecule has 2 fully saturated rings. The van der Waals surface area contributed by atoms with Crippen LogP contribution in [-0.2, 0) is 29.6 Å². The molecule has 2 heterocycles. The summed E-state index contributed by atoms with van der Waals surface area (Å²) in [5, 5.41) is 0. The van der Waals surface area contributed by atoms with Crippen LogP contribution in [0, 0.1) is 5.41 Å². The minimum Gasteiger partial charge on any atom is -0.756 e. The smallest absolute Gasteiger partial charge is 0.268 e. The van der Waals surface area contributed by atoms with E-state index >= 15 is 0 Å². The first-order valence-corrected chi connectivity index (χ1v) is 12.8. The van der Waals surface area contributed by atoms with Crippen molar-refractivity contribution in [2.24, 2.45) is 5.41 Å². The molecule has 1 unspecified atom stereocenters. The minimum absolute atomic E-state index is 0.0199. The second-order valence-electron chi connectivity index (χ2n) is 8.51. The van der Waals surface area contributed by atoms with Gasteiger partial charge in [-0.15, -0.1) is 0 Å². The van der Waals surface area contributed by atoms with Gasteiger partial charge >= 0.3 is 0 Å². The zero-order valence-corrected chi connectivity index (χ0v) is 19.0. The van der Waals surface area contributed by atoms with Crippen LogP contribution in [0.5, 0.6) is 0 Å². The topological polar surface area (TPSA) is 80.9 Å². The fourth-order valence-corrected chi connectivity index (χ4v) is 5.34. The highest BCUT2D eigenvalue weighted by atomic mass is 31.2. The molecule has 1 aliphatic heterocycles. The predicted molar refractivity (Wildman–Crippen MR) is 111 cm³/mol. The molecule has 1 aromatic heterocycles. The number of pyridine rings is 1. The van der Waals surface area contributed by atoms with Gasteiger partial charge in [0.2, 0.25) is 0 Å². The molecule has 30 heavy (non-hydrogen) atoms. The summed E-state index contributed by atoms with van der Waals surface area (Å²) in [5.41, 5.74) is -0.242. The third-order valence-corrected chi connectivity index (χ3v) is 7.09. The Bertz CT molecular complexity index is 675. The van der Waals surface area contributed by atoms with E-state index in [9.17, 15) is 9.46 Å². The maximum Gasteiger partial charge on any atom is 0.268 e. The van der Waals surface area contributed by atoms with Crippen molar-refractivity contribution in [3.05, 3.63) is 30.6 Å². The lowest BCUT2D eigenvalue weighted by Gasteiger charge is -2.31. The van der Waals surface area contributed by atoms with Gasteiger partial charge in [0.05, 0.1) is 25.4 Å². The Morgan fingerprint density at radius 2 is 2.00 bits per heavy atom. The molecule has 0 aromatic carbocycles. The number of phosphoric ester groups is 1. The molecule has 0 bridgehead atoms. The highest BCUT2D eigenvalue weighted by Gasteiger charge is 2.51. The number of hydrogen-bond donors (Lipinski definition) is 0. The van der Waals surface area contributed by atoms with E-state index in [0.29, 0.717) is 13.2 Å². The van der Waals surface area contributed by atoms with Gasteiger partial charge in [-0.3, -0.25) is 4.57 Å². The molecule has 4 atom stereocenters. The van der Waals surface area contributed by atoms with E-state index in [1.54, 1.807) is 0 Å². The highest BCUT2D eigenvalue weighted by molar-refractivity contribution is 7.45. The normalized spacial score (nSPS) is 27.8. The number of nitrogens with zero attached hydrogens (tertiary/aromatic N) is 1. The van der Waals surface area contributed by atoms with Crippen LogP contribution in [0.4, 0.5) is 0 Å². The molecule has 2 aliphatic rings. The number of hydrogen-bond acceptors (Lipinski definition) is 6. The standard InChI is InChI=1S/C22H36NO6P/c1-2-3-4-8-15-26-18-20-17-22(11-9-10-21(22)29-20)19-28-30(24,25)27-16-14-23-12-6-5-7-13-23/h5-7,12-13,20-21H,2-4,8-11,14-19H2,1H3/t20-,21-,22-/m0/s1. The first kappa shape index (κ1) is 23.8. The molecule has 3 rings (SSSR count). The lowest BCUT2D eigenvalue weighted by atomic mass is 9.82. The molecule has 8 heteroatoms.